The molecule has 1 amide bonds. The number of fused-ring (bicyclic) bond motifs is 1. The average molecular weight is 285 g/mol. The van der Waals surface area contributed by atoms with Crippen LogP contribution in [0.3, 0.4) is 0 Å². The molecule has 1 aromatic carbocycles. The standard InChI is InChI=1S/C16H19N3O2/c20-15(12-4-3-5-14-13(12)10-17-18-14)19-8-9-21-11-16(19)6-1-2-7-16/h3-5,10H,1-2,6-9,11H2,(H,17,18). The van der Waals surface area contributed by atoms with E-state index in [9.17, 15) is 4.79 Å². The van der Waals surface area contributed by atoms with E-state index in [1.54, 1.807) is 6.20 Å². The van der Waals surface area contributed by atoms with Gasteiger partial charge in [0, 0.05) is 11.9 Å². The minimum absolute atomic E-state index is 0.0821. The van der Waals surface area contributed by atoms with Crippen LogP contribution in [0.4, 0.5) is 0 Å². The summed E-state index contributed by atoms with van der Waals surface area (Å²) in [7, 11) is 0. The number of nitrogens with one attached hydrogen (secondary N) is 1. The first-order valence-electron chi connectivity index (χ1n) is 7.62. The molecular weight excluding hydrogens is 266 g/mol. The second kappa shape index (κ2) is 4.84. The summed E-state index contributed by atoms with van der Waals surface area (Å²) in [5, 5.41) is 7.90. The highest BCUT2D eigenvalue weighted by molar-refractivity contribution is 6.06. The van der Waals surface area contributed by atoms with Crippen molar-refractivity contribution < 1.29 is 9.53 Å². The van der Waals surface area contributed by atoms with Crippen molar-refractivity contribution >= 4 is 16.8 Å². The van der Waals surface area contributed by atoms with Gasteiger partial charge in [0.25, 0.3) is 5.91 Å². The Kier molecular flexibility index (Phi) is 2.96. The quantitative estimate of drug-likeness (QED) is 0.875. The fourth-order valence-electron chi connectivity index (χ4n) is 3.80. The van der Waals surface area contributed by atoms with Gasteiger partial charge in [0.05, 0.1) is 36.0 Å². The van der Waals surface area contributed by atoms with E-state index in [1.807, 2.05) is 18.2 Å². The molecule has 110 valence electrons. The fourth-order valence-corrected chi connectivity index (χ4v) is 3.80. The van der Waals surface area contributed by atoms with Gasteiger partial charge < -0.3 is 9.64 Å². The van der Waals surface area contributed by atoms with Crippen molar-refractivity contribution in [1.82, 2.24) is 15.1 Å². The Morgan fingerprint density at radius 3 is 3.05 bits per heavy atom. The van der Waals surface area contributed by atoms with Gasteiger partial charge in [-0.1, -0.05) is 18.9 Å². The monoisotopic (exact) mass is 285 g/mol. The van der Waals surface area contributed by atoms with Gasteiger partial charge in [-0.05, 0) is 25.0 Å². The number of amides is 1. The number of benzene rings is 1. The van der Waals surface area contributed by atoms with Crippen LogP contribution in [0.5, 0.6) is 0 Å². The predicted octanol–water partition coefficient (Wildman–Crippen LogP) is 2.35. The Morgan fingerprint density at radius 2 is 2.19 bits per heavy atom. The molecule has 1 N–H and O–H groups in total. The molecule has 21 heavy (non-hydrogen) atoms. The molecule has 1 aromatic heterocycles. The van der Waals surface area contributed by atoms with Crippen LogP contribution < -0.4 is 0 Å². The number of aromatic nitrogens is 2. The van der Waals surface area contributed by atoms with Crippen LogP contribution in [0.2, 0.25) is 0 Å². The number of morpholine rings is 1. The van der Waals surface area contributed by atoms with Crippen molar-refractivity contribution in [3.05, 3.63) is 30.0 Å². The minimum atomic E-state index is -0.0821. The lowest BCUT2D eigenvalue weighted by atomic mass is 9.93. The Labute approximate surface area is 123 Å². The largest absolute Gasteiger partial charge is 0.377 e. The van der Waals surface area contributed by atoms with Crippen LogP contribution in [0.1, 0.15) is 36.0 Å². The van der Waals surface area contributed by atoms with E-state index in [2.05, 4.69) is 15.1 Å². The number of ether oxygens (including phenoxy) is 1. The van der Waals surface area contributed by atoms with E-state index < -0.39 is 0 Å². The lowest BCUT2D eigenvalue weighted by molar-refractivity contribution is -0.0501. The van der Waals surface area contributed by atoms with Gasteiger partial charge in [-0.25, -0.2) is 0 Å². The van der Waals surface area contributed by atoms with Crippen molar-refractivity contribution in [3.8, 4) is 0 Å². The second-order valence-corrected chi connectivity index (χ2v) is 6.08. The molecule has 0 radical (unpaired) electrons. The second-order valence-electron chi connectivity index (χ2n) is 6.08. The zero-order chi connectivity index (χ0) is 14.3. The van der Waals surface area contributed by atoms with Crippen LogP contribution in [0.15, 0.2) is 24.4 Å². The number of H-pyrrole nitrogens is 1. The molecule has 2 fully saturated rings. The van der Waals surface area contributed by atoms with Crippen LogP contribution >= 0.6 is 0 Å². The highest BCUT2D eigenvalue weighted by atomic mass is 16.5. The van der Waals surface area contributed by atoms with Crippen molar-refractivity contribution in [2.45, 2.75) is 31.2 Å². The van der Waals surface area contributed by atoms with Gasteiger partial charge in [0.15, 0.2) is 0 Å². The fraction of sp³-hybridized carbons (Fsp3) is 0.500. The third-order valence-corrected chi connectivity index (χ3v) is 4.90. The molecule has 2 aromatic rings. The number of carbonyl (C=O) groups excluding carboxylic acids is 1. The van der Waals surface area contributed by atoms with Crippen molar-refractivity contribution in [2.75, 3.05) is 19.8 Å². The number of carbonyl (C=O) groups is 1. The van der Waals surface area contributed by atoms with Gasteiger partial charge in [-0.3, -0.25) is 9.89 Å². The molecule has 1 spiro atoms. The smallest absolute Gasteiger partial charge is 0.255 e. The number of nitrogens with zero attached hydrogens (tertiary/aromatic N) is 2. The van der Waals surface area contributed by atoms with E-state index in [-0.39, 0.29) is 11.4 Å². The lowest BCUT2D eigenvalue weighted by Gasteiger charge is -2.44. The van der Waals surface area contributed by atoms with Crippen LogP contribution in [-0.2, 0) is 4.74 Å². The van der Waals surface area contributed by atoms with E-state index in [1.165, 1.54) is 12.8 Å². The van der Waals surface area contributed by atoms with E-state index in [4.69, 9.17) is 4.74 Å². The molecule has 1 aliphatic heterocycles. The zero-order valence-corrected chi connectivity index (χ0v) is 12.0. The third-order valence-electron chi connectivity index (χ3n) is 4.90. The summed E-state index contributed by atoms with van der Waals surface area (Å²) in [6.45, 7) is 2.00. The molecule has 2 heterocycles. The highest BCUT2D eigenvalue weighted by Crippen LogP contribution is 2.38. The number of rotatable bonds is 1. The number of aromatic amines is 1. The average Bonchev–Trinajstić information content (AvgIpc) is 3.16. The van der Waals surface area contributed by atoms with E-state index >= 15 is 0 Å². The maximum atomic E-state index is 13.1. The number of hydrogen-bond acceptors (Lipinski definition) is 3. The summed E-state index contributed by atoms with van der Waals surface area (Å²) in [4.78, 5) is 15.2. The van der Waals surface area contributed by atoms with Crippen molar-refractivity contribution in [3.63, 3.8) is 0 Å². The van der Waals surface area contributed by atoms with Crippen molar-refractivity contribution in [1.29, 1.82) is 0 Å². The van der Waals surface area contributed by atoms with Gasteiger partial charge in [-0.15, -0.1) is 0 Å². The molecule has 4 rings (SSSR count). The highest BCUT2D eigenvalue weighted by Gasteiger charge is 2.44. The summed E-state index contributed by atoms with van der Waals surface area (Å²) in [5.41, 5.74) is 1.57. The number of hydrogen-bond donors (Lipinski definition) is 1. The molecule has 1 aliphatic carbocycles. The Bertz CT molecular complexity index is 673. The first kappa shape index (κ1) is 12.8. The first-order valence-corrected chi connectivity index (χ1v) is 7.62. The molecule has 5 heteroatoms. The SMILES string of the molecule is O=C(c1cccc2[nH]ncc12)N1CCOCC12CCCC2. The van der Waals surface area contributed by atoms with Crippen molar-refractivity contribution in [2.24, 2.45) is 0 Å². The minimum Gasteiger partial charge on any atom is -0.377 e. The lowest BCUT2D eigenvalue weighted by Crippen LogP contribution is -2.57. The van der Waals surface area contributed by atoms with Gasteiger partial charge >= 0.3 is 0 Å². The molecule has 1 saturated heterocycles. The molecule has 0 bridgehead atoms. The molecular formula is C16H19N3O2. The summed E-state index contributed by atoms with van der Waals surface area (Å²) in [6, 6.07) is 5.76. The van der Waals surface area contributed by atoms with Crippen LogP contribution in [0, 0.1) is 0 Å². The van der Waals surface area contributed by atoms with E-state index in [0.717, 1.165) is 29.3 Å². The normalized spacial score (nSPS) is 21.2. The Morgan fingerprint density at radius 1 is 1.33 bits per heavy atom. The molecule has 1 saturated carbocycles. The Balaban J connectivity index is 1.74. The van der Waals surface area contributed by atoms with Gasteiger partial charge in [-0.2, -0.15) is 5.10 Å². The molecule has 0 unspecified atom stereocenters. The van der Waals surface area contributed by atoms with Crippen LogP contribution in [-0.4, -0.2) is 46.3 Å². The molecule has 0 atom stereocenters. The maximum Gasteiger partial charge on any atom is 0.255 e. The topological polar surface area (TPSA) is 58.2 Å². The summed E-state index contributed by atoms with van der Waals surface area (Å²) in [5.74, 6) is 0.118. The van der Waals surface area contributed by atoms with Gasteiger partial charge in [0.1, 0.15) is 0 Å². The van der Waals surface area contributed by atoms with Crippen LogP contribution in [0.25, 0.3) is 10.9 Å². The molecule has 5 nitrogen and oxygen atoms in total. The maximum absolute atomic E-state index is 13.1. The zero-order valence-electron chi connectivity index (χ0n) is 12.0. The summed E-state index contributed by atoms with van der Waals surface area (Å²) in [6.07, 6.45) is 6.22. The molecule has 2 aliphatic rings. The summed E-state index contributed by atoms with van der Waals surface area (Å²) >= 11 is 0. The predicted molar refractivity (Wildman–Crippen MR) is 79.1 cm³/mol. The van der Waals surface area contributed by atoms with Gasteiger partial charge in [0.2, 0.25) is 0 Å². The first-order chi connectivity index (χ1) is 10.3. The Hall–Kier alpha value is -1.88. The van der Waals surface area contributed by atoms with E-state index in [0.29, 0.717) is 19.8 Å². The summed E-state index contributed by atoms with van der Waals surface area (Å²) < 4.78 is 5.68. The third kappa shape index (κ3) is 1.95.